The lowest BCUT2D eigenvalue weighted by atomic mass is 10.2. The summed E-state index contributed by atoms with van der Waals surface area (Å²) in [5, 5.41) is 10.7. The van der Waals surface area contributed by atoms with Gasteiger partial charge in [-0.25, -0.2) is 4.79 Å². The van der Waals surface area contributed by atoms with E-state index >= 15 is 0 Å². The highest BCUT2D eigenvalue weighted by molar-refractivity contribution is 5.65. The van der Waals surface area contributed by atoms with Crippen LogP contribution in [-0.4, -0.2) is 36.7 Å². The number of carbonyl (C=O) groups is 1. The van der Waals surface area contributed by atoms with Gasteiger partial charge in [-0.15, -0.1) is 6.58 Å². The lowest BCUT2D eigenvalue weighted by Crippen LogP contribution is -2.45. The van der Waals surface area contributed by atoms with Crippen LogP contribution in [0.5, 0.6) is 0 Å². The zero-order valence-electron chi connectivity index (χ0n) is 7.23. The molecule has 74 valence electrons. The quantitative estimate of drug-likeness (QED) is 0.634. The molecule has 0 aromatic rings. The summed E-state index contributed by atoms with van der Waals surface area (Å²) in [5.74, 6) is 0. The highest BCUT2D eigenvalue weighted by atomic mass is 16.7. The van der Waals surface area contributed by atoms with Crippen LogP contribution in [0.25, 0.3) is 0 Å². The van der Waals surface area contributed by atoms with E-state index in [1.165, 1.54) is 6.08 Å². The van der Waals surface area contributed by atoms with Crippen LogP contribution < -0.4 is 5.32 Å². The Morgan fingerprint density at radius 2 is 2.23 bits per heavy atom. The molecule has 0 spiro atoms. The van der Waals surface area contributed by atoms with E-state index in [4.69, 9.17) is 14.6 Å². The van der Waals surface area contributed by atoms with Crippen LogP contribution in [0, 0.1) is 0 Å². The SMILES string of the molecule is C=CC(NC(=O)O)C1OCCCO1. The molecule has 13 heavy (non-hydrogen) atoms. The highest BCUT2D eigenvalue weighted by Gasteiger charge is 2.23. The highest BCUT2D eigenvalue weighted by Crippen LogP contribution is 2.09. The molecule has 0 saturated carbocycles. The fourth-order valence-corrected chi connectivity index (χ4v) is 1.09. The van der Waals surface area contributed by atoms with Crippen LogP contribution in [0.15, 0.2) is 12.7 Å². The predicted octanol–water partition coefficient (Wildman–Crippen LogP) is 0.572. The average molecular weight is 187 g/mol. The van der Waals surface area contributed by atoms with Crippen molar-refractivity contribution in [2.75, 3.05) is 13.2 Å². The molecule has 1 aliphatic rings. The molecule has 1 unspecified atom stereocenters. The Labute approximate surface area is 76.3 Å². The van der Waals surface area contributed by atoms with Crippen molar-refractivity contribution < 1.29 is 19.4 Å². The summed E-state index contributed by atoms with van der Waals surface area (Å²) in [6, 6.07) is -0.502. The zero-order valence-corrected chi connectivity index (χ0v) is 7.23. The third-order valence-electron chi connectivity index (χ3n) is 1.69. The van der Waals surface area contributed by atoms with E-state index in [-0.39, 0.29) is 0 Å². The lowest BCUT2D eigenvalue weighted by molar-refractivity contribution is -0.185. The van der Waals surface area contributed by atoms with E-state index < -0.39 is 18.4 Å². The van der Waals surface area contributed by atoms with Gasteiger partial charge in [0, 0.05) is 0 Å². The number of nitrogens with one attached hydrogen (secondary N) is 1. The number of hydrogen-bond donors (Lipinski definition) is 2. The number of rotatable bonds is 3. The van der Waals surface area contributed by atoms with Gasteiger partial charge in [-0.2, -0.15) is 0 Å². The van der Waals surface area contributed by atoms with Crippen LogP contribution in [0.2, 0.25) is 0 Å². The second-order valence-corrected chi connectivity index (χ2v) is 2.67. The summed E-state index contributed by atoms with van der Waals surface area (Å²) in [7, 11) is 0. The summed E-state index contributed by atoms with van der Waals surface area (Å²) in [4.78, 5) is 10.3. The van der Waals surface area contributed by atoms with Crippen molar-refractivity contribution in [3.05, 3.63) is 12.7 Å². The summed E-state index contributed by atoms with van der Waals surface area (Å²) in [6.07, 6.45) is 0.655. The third-order valence-corrected chi connectivity index (χ3v) is 1.69. The summed E-state index contributed by atoms with van der Waals surface area (Å²) >= 11 is 0. The Bertz CT molecular complexity index is 189. The van der Waals surface area contributed by atoms with E-state index in [2.05, 4.69) is 11.9 Å². The van der Waals surface area contributed by atoms with Gasteiger partial charge in [-0.3, -0.25) is 0 Å². The van der Waals surface area contributed by atoms with Gasteiger partial charge in [0.25, 0.3) is 0 Å². The molecule has 1 fully saturated rings. The Kier molecular flexibility index (Phi) is 3.72. The van der Waals surface area contributed by atoms with Gasteiger partial charge in [0.2, 0.25) is 0 Å². The molecule has 2 N–H and O–H groups in total. The second kappa shape index (κ2) is 4.84. The van der Waals surface area contributed by atoms with Crippen molar-refractivity contribution in [1.29, 1.82) is 0 Å². The van der Waals surface area contributed by atoms with Crippen molar-refractivity contribution in [2.24, 2.45) is 0 Å². The molecule has 0 aliphatic carbocycles. The van der Waals surface area contributed by atoms with Crippen molar-refractivity contribution in [3.63, 3.8) is 0 Å². The van der Waals surface area contributed by atoms with Crippen LogP contribution >= 0.6 is 0 Å². The van der Waals surface area contributed by atoms with Crippen LogP contribution in [-0.2, 0) is 9.47 Å². The fourth-order valence-electron chi connectivity index (χ4n) is 1.09. The molecule has 1 saturated heterocycles. The molecule has 1 atom stereocenters. The number of carboxylic acid groups (broad SMARTS) is 1. The largest absolute Gasteiger partial charge is 0.465 e. The summed E-state index contributed by atoms with van der Waals surface area (Å²) in [6.45, 7) is 4.69. The minimum Gasteiger partial charge on any atom is -0.465 e. The number of hydrogen-bond acceptors (Lipinski definition) is 3. The molecule has 0 radical (unpaired) electrons. The third kappa shape index (κ3) is 3.04. The van der Waals surface area contributed by atoms with Gasteiger partial charge >= 0.3 is 6.09 Å². The first-order chi connectivity index (χ1) is 6.24. The molecule has 0 aromatic heterocycles. The van der Waals surface area contributed by atoms with Gasteiger partial charge in [-0.1, -0.05) is 6.08 Å². The average Bonchev–Trinajstić information content (AvgIpc) is 2.15. The minimum atomic E-state index is -1.11. The molecule has 1 aliphatic heterocycles. The molecule has 1 amide bonds. The molecule has 0 bridgehead atoms. The lowest BCUT2D eigenvalue weighted by Gasteiger charge is -2.28. The number of ether oxygens (including phenoxy) is 2. The maximum Gasteiger partial charge on any atom is 0.405 e. The Hall–Kier alpha value is -1.07. The van der Waals surface area contributed by atoms with Crippen molar-refractivity contribution >= 4 is 6.09 Å². The molecule has 1 heterocycles. The topological polar surface area (TPSA) is 67.8 Å². The molecule has 1 rings (SSSR count). The molecular weight excluding hydrogens is 174 g/mol. The predicted molar refractivity (Wildman–Crippen MR) is 45.5 cm³/mol. The normalized spacial score (nSPS) is 20.6. The summed E-state index contributed by atoms with van der Waals surface area (Å²) < 4.78 is 10.4. The molecular formula is C8H13NO4. The molecule has 5 heteroatoms. The van der Waals surface area contributed by atoms with E-state index in [9.17, 15) is 4.79 Å². The van der Waals surface area contributed by atoms with Crippen LogP contribution in [0.3, 0.4) is 0 Å². The Morgan fingerprint density at radius 3 is 2.69 bits per heavy atom. The first-order valence-corrected chi connectivity index (χ1v) is 4.09. The van der Waals surface area contributed by atoms with Gasteiger partial charge in [0.1, 0.15) is 6.04 Å². The van der Waals surface area contributed by atoms with Crippen LogP contribution in [0.4, 0.5) is 4.79 Å². The second-order valence-electron chi connectivity index (χ2n) is 2.67. The van der Waals surface area contributed by atoms with Crippen molar-refractivity contribution in [3.8, 4) is 0 Å². The molecule has 5 nitrogen and oxygen atoms in total. The number of amides is 1. The zero-order chi connectivity index (χ0) is 9.68. The standard InChI is InChI=1S/C8H13NO4/c1-2-6(9-8(10)11)7-12-4-3-5-13-7/h2,6-7,9H,1,3-5H2,(H,10,11). The van der Waals surface area contributed by atoms with E-state index in [1.54, 1.807) is 0 Å². The summed E-state index contributed by atoms with van der Waals surface area (Å²) in [5.41, 5.74) is 0. The van der Waals surface area contributed by atoms with E-state index in [0.717, 1.165) is 6.42 Å². The fraction of sp³-hybridized carbons (Fsp3) is 0.625. The van der Waals surface area contributed by atoms with Crippen molar-refractivity contribution in [2.45, 2.75) is 18.8 Å². The monoisotopic (exact) mass is 187 g/mol. The first-order valence-electron chi connectivity index (χ1n) is 4.09. The smallest absolute Gasteiger partial charge is 0.405 e. The molecule has 0 aromatic carbocycles. The van der Waals surface area contributed by atoms with Gasteiger partial charge in [0.05, 0.1) is 13.2 Å². The van der Waals surface area contributed by atoms with Crippen molar-refractivity contribution in [1.82, 2.24) is 5.32 Å². The Balaban J connectivity index is 2.43. The van der Waals surface area contributed by atoms with Gasteiger partial charge in [-0.05, 0) is 6.42 Å². The first kappa shape index (κ1) is 10.0. The van der Waals surface area contributed by atoms with Gasteiger partial charge in [0.15, 0.2) is 6.29 Å². The van der Waals surface area contributed by atoms with E-state index in [1.807, 2.05) is 0 Å². The maximum absolute atomic E-state index is 10.3. The Morgan fingerprint density at radius 1 is 1.62 bits per heavy atom. The minimum absolute atomic E-state index is 0.502. The van der Waals surface area contributed by atoms with E-state index in [0.29, 0.717) is 13.2 Å². The van der Waals surface area contributed by atoms with Gasteiger partial charge < -0.3 is 19.9 Å². The van der Waals surface area contributed by atoms with Crippen LogP contribution in [0.1, 0.15) is 6.42 Å². The maximum atomic E-state index is 10.3.